The number of aromatic nitrogens is 2. The highest BCUT2D eigenvalue weighted by molar-refractivity contribution is 9.10. The van der Waals surface area contributed by atoms with Gasteiger partial charge in [0.05, 0.1) is 6.20 Å². The van der Waals surface area contributed by atoms with Gasteiger partial charge in [0.2, 0.25) is 5.88 Å². The largest absolute Gasteiger partial charge is 0.489 e. The van der Waals surface area contributed by atoms with Crippen LogP contribution in [-0.4, -0.2) is 33.4 Å². The number of hydrogen-bond donors (Lipinski definition) is 1. The van der Waals surface area contributed by atoms with Gasteiger partial charge in [-0.2, -0.15) is 0 Å². The van der Waals surface area contributed by atoms with Crippen molar-refractivity contribution in [3.8, 4) is 24.0 Å². The van der Waals surface area contributed by atoms with Gasteiger partial charge in [0.1, 0.15) is 24.1 Å². The third kappa shape index (κ3) is 4.47. The minimum Gasteiger partial charge on any atom is -0.489 e. The summed E-state index contributed by atoms with van der Waals surface area (Å²) in [4.78, 5) is 8.44. The molecular formula is C18H17BrN2O3. The molecule has 0 bridgehead atoms. The Morgan fingerprint density at radius 2 is 1.96 bits per heavy atom. The van der Waals surface area contributed by atoms with E-state index in [9.17, 15) is 5.11 Å². The highest BCUT2D eigenvalue weighted by Gasteiger charge is 2.33. The highest BCUT2D eigenvalue weighted by Crippen LogP contribution is 2.29. The Bertz CT molecular complexity index is 707. The molecule has 0 spiro atoms. The van der Waals surface area contributed by atoms with E-state index in [4.69, 9.17) is 15.9 Å². The zero-order valence-electron chi connectivity index (χ0n) is 12.9. The van der Waals surface area contributed by atoms with E-state index in [-0.39, 0.29) is 12.2 Å². The first-order chi connectivity index (χ1) is 11.6. The Kier molecular flexibility index (Phi) is 5.34. The van der Waals surface area contributed by atoms with Gasteiger partial charge >= 0.3 is 0 Å². The second kappa shape index (κ2) is 7.65. The highest BCUT2D eigenvalue weighted by atomic mass is 79.9. The van der Waals surface area contributed by atoms with Gasteiger partial charge in [0.15, 0.2) is 0 Å². The molecule has 2 aromatic heterocycles. The number of aliphatic hydroxyl groups excluding tert-OH is 1. The fraction of sp³-hybridized carbons (Fsp3) is 0.333. The summed E-state index contributed by atoms with van der Waals surface area (Å²) < 4.78 is 12.6. The van der Waals surface area contributed by atoms with Crippen molar-refractivity contribution in [2.24, 2.45) is 0 Å². The Morgan fingerprint density at radius 3 is 2.58 bits per heavy atom. The molecule has 1 saturated carbocycles. The topological polar surface area (TPSA) is 64.5 Å². The number of terminal acetylenes is 1. The van der Waals surface area contributed by atoms with E-state index < -0.39 is 6.10 Å². The van der Waals surface area contributed by atoms with Crippen LogP contribution in [0.3, 0.4) is 0 Å². The minimum absolute atomic E-state index is 0.120. The quantitative estimate of drug-likeness (QED) is 0.770. The molecule has 2 heterocycles. The maximum Gasteiger partial charge on any atom is 0.213 e. The maximum absolute atomic E-state index is 9.41. The lowest BCUT2D eigenvalue weighted by Gasteiger charge is -2.34. The van der Waals surface area contributed by atoms with Crippen molar-refractivity contribution >= 4 is 15.9 Å². The normalized spacial score (nSPS) is 20.5. The standard InChI is InChI=1S/C18H17BrN2O3/c1-2-14(22)7-13-4-5-15(11-20-13)23-16-8-17(9-16)24-18-6-3-12(19)10-21-18/h1,3-6,10-11,14,16-17,22H,7-9H2. The molecule has 1 fully saturated rings. The van der Waals surface area contributed by atoms with Crippen LogP contribution in [0, 0.1) is 12.3 Å². The molecule has 1 N–H and O–H groups in total. The van der Waals surface area contributed by atoms with Crippen LogP contribution < -0.4 is 9.47 Å². The van der Waals surface area contributed by atoms with Gasteiger partial charge in [-0.3, -0.25) is 4.98 Å². The van der Waals surface area contributed by atoms with Crippen molar-refractivity contribution in [1.29, 1.82) is 0 Å². The summed E-state index contributed by atoms with van der Waals surface area (Å²) in [6.07, 6.45) is 9.93. The Balaban J connectivity index is 1.44. The molecule has 2 aromatic rings. The van der Waals surface area contributed by atoms with E-state index in [0.29, 0.717) is 18.1 Å². The second-order valence-electron chi connectivity index (χ2n) is 5.64. The lowest BCUT2D eigenvalue weighted by molar-refractivity contribution is 0.00205. The third-order valence-electron chi connectivity index (χ3n) is 3.73. The van der Waals surface area contributed by atoms with Gasteiger partial charge in [0, 0.05) is 41.7 Å². The summed E-state index contributed by atoms with van der Waals surface area (Å²) in [6.45, 7) is 0. The number of rotatable bonds is 6. The fourth-order valence-corrected chi connectivity index (χ4v) is 2.60. The molecule has 24 heavy (non-hydrogen) atoms. The Morgan fingerprint density at radius 1 is 1.17 bits per heavy atom. The average molecular weight is 389 g/mol. The van der Waals surface area contributed by atoms with Gasteiger partial charge in [-0.15, -0.1) is 6.42 Å². The van der Waals surface area contributed by atoms with Crippen molar-refractivity contribution in [3.05, 3.63) is 46.8 Å². The van der Waals surface area contributed by atoms with Crippen molar-refractivity contribution < 1.29 is 14.6 Å². The molecule has 6 heteroatoms. The van der Waals surface area contributed by atoms with Gasteiger partial charge < -0.3 is 14.6 Å². The van der Waals surface area contributed by atoms with Crippen molar-refractivity contribution in [2.45, 2.75) is 37.6 Å². The molecule has 5 nitrogen and oxygen atoms in total. The van der Waals surface area contributed by atoms with Crippen molar-refractivity contribution in [1.82, 2.24) is 9.97 Å². The average Bonchev–Trinajstić information content (AvgIpc) is 2.56. The van der Waals surface area contributed by atoms with E-state index in [0.717, 1.165) is 23.0 Å². The number of pyridine rings is 2. The molecule has 1 atom stereocenters. The molecule has 0 radical (unpaired) electrons. The number of ether oxygens (including phenoxy) is 2. The molecule has 0 aliphatic heterocycles. The molecule has 1 aliphatic rings. The number of aliphatic hydroxyl groups is 1. The molecule has 3 rings (SSSR count). The van der Waals surface area contributed by atoms with Crippen LogP contribution in [0.15, 0.2) is 41.1 Å². The van der Waals surface area contributed by atoms with Crippen LogP contribution >= 0.6 is 15.9 Å². The summed E-state index contributed by atoms with van der Waals surface area (Å²) >= 11 is 3.34. The molecule has 0 aromatic carbocycles. The van der Waals surface area contributed by atoms with E-state index in [1.165, 1.54) is 0 Å². The zero-order valence-corrected chi connectivity index (χ0v) is 14.5. The van der Waals surface area contributed by atoms with Gasteiger partial charge in [-0.1, -0.05) is 5.92 Å². The van der Waals surface area contributed by atoms with Crippen LogP contribution in [-0.2, 0) is 6.42 Å². The summed E-state index contributed by atoms with van der Waals surface area (Å²) in [6, 6.07) is 7.40. The summed E-state index contributed by atoms with van der Waals surface area (Å²) in [7, 11) is 0. The summed E-state index contributed by atoms with van der Waals surface area (Å²) in [5.41, 5.74) is 0.740. The predicted molar refractivity (Wildman–Crippen MR) is 92.8 cm³/mol. The summed E-state index contributed by atoms with van der Waals surface area (Å²) in [5, 5.41) is 9.41. The van der Waals surface area contributed by atoms with E-state index in [1.807, 2.05) is 24.3 Å². The van der Waals surface area contributed by atoms with Crippen LogP contribution in [0.4, 0.5) is 0 Å². The lowest BCUT2D eigenvalue weighted by atomic mass is 9.92. The molecule has 0 amide bonds. The third-order valence-corrected chi connectivity index (χ3v) is 4.20. The minimum atomic E-state index is -0.805. The smallest absolute Gasteiger partial charge is 0.213 e. The van der Waals surface area contributed by atoms with Crippen molar-refractivity contribution in [2.75, 3.05) is 0 Å². The van der Waals surface area contributed by atoms with Crippen LogP contribution in [0.1, 0.15) is 18.5 Å². The number of nitrogens with zero attached hydrogens (tertiary/aromatic N) is 2. The fourth-order valence-electron chi connectivity index (χ4n) is 2.36. The Hall–Kier alpha value is -2.10. The van der Waals surface area contributed by atoms with Gasteiger partial charge in [-0.25, -0.2) is 4.98 Å². The van der Waals surface area contributed by atoms with E-state index >= 15 is 0 Å². The predicted octanol–water partition coefficient (Wildman–Crippen LogP) is 2.76. The molecular weight excluding hydrogens is 372 g/mol. The first-order valence-electron chi connectivity index (χ1n) is 7.66. The molecule has 1 unspecified atom stereocenters. The van der Waals surface area contributed by atoms with Gasteiger partial charge in [0.25, 0.3) is 0 Å². The lowest BCUT2D eigenvalue weighted by Crippen LogP contribution is -2.41. The van der Waals surface area contributed by atoms with Crippen LogP contribution in [0.5, 0.6) is 11.6 Å². The van der Waals surface area contributed by atoms with Crippen molar-refractivity contribution in [3.63, 3.8) is 0 Å². The number of hydrogen-bond acceptors (Lipinski definition) is 5. The summed E-state index contributed by atoms with van der Waals surface area (Å²) in [5.74, 6) is 3.60. The van der Waals surface area contributed by atoms with E-state index in [2.05, 4.69) is 31.8 Å². The van der Waals surface area contributed by atoms with Gasteiger partial charge in [-0.05, 0) is 34.1 Å². The number of halogens is 1. The van der Waals surface area contributed by atoms with E-state index in [1.54, 1.807) is 12.4 Å². The Labute approximate surface area is 149 Å². The first kappa shape index (κ1) is 16.7. The first-order valence-corrected chi connectivity index (χ1v) is 8.45. The van der Waals surface area contributed by atoms with Crippen LogP contribution in [0.2, 0.25) is 0 Å². The van der Waals surface area contributed by atoms with Crippen LogP contribution in [0.25, 0.3) is 0 Å². The molecule has 1 aliphatic carbocycles. The second-order valence-corrected chi connectivity index (χ2v) is 6.55. The maximum atomic E-state index is 9.41. The molecule has 124 valence electrons. The zero-order chi connectivity index (χ0) is 16.9. The monoisotopic (exact) mass is 388 g/mol. The molecule has 0 saturated heterocycles. The SMILES string of the molecule is C#CC(O)Cc1ccc(OC2CC(Oc3ccc(Br)cn3)C2)cn1.